The molecule has 22 heavy (non-hydrogen) atoms. The molecule has 5 nitrogen and oxygen atoms in total. The van der Waals surface area contributed by atoms with Crippen molar-refractivity contribution < 1.29 is 21.9 Å². The number of aromatic nitrogens is 2. The van der Waals surface area contributed by atoms with E-state index in [1.54, 1.807) is 18.4 Å². The monoisotopic (exact) mass is 333 g/mol. The molecule has 1 aromatic carbocycles. The van der Waals surface area contributed by atoms with E-state index in [0.29, 0.717) is 17.0 Å². The third-order valence-electron chi connectivity index (χ3n) is 2.68. The van der Waals surface area contributed by atoms with Crippen molar-refractivity contribution in [1.29, 1.82) is 0 Å². The first-order valence-corrected chi connectivity index (χ1v) is 8.52. The third kappa shape index (κ3) is 4.06. The molecule has 0 saturated carbocycles. The second-order valence-corrected chi connectivity index (χ2v) is 7.23. The highest BCUT2D eigenvalue weighted by Crippen LogP contribution is 2.29. The van der Waals surface area contributed by atoms with E-state index in [0.717, 1.165) is 6.42 Å². The van der Waals surface area contributed by atoms with Gasteiger partial charge in [-0.3, -0.25) is 0 Å². The van der Waals surface area contributed by atoms with Gasteiger partial charge in [-0.1, -0.05) is 12.1 Å². The van der Waals surface area contributed by atoms with Gasteiger partial charge in [0.05, 0.1) is 5.69 Å². The minimum absolute atomic E-state index is 0.162. The number of alkyl halides is 3. The molecule has 1 atom stereocenters. The lowest BCUT2D eigenvalue weighted by Gasteiger charge is -2.02. The molecular formula is C13H14F3N3O2S. The fraction of sp³-hybridized carbons (Fsp3) is 0.385. The van der Waals surface area contributed by atoms with E-state index in [-0.39, 0.29) is 5.82 Å². The molecule has 0 saturated heterocycles. The van der Waals surface area contributed by atoms with Crippen molar-refractivity contribution in [1.82, 2.24) is 10.1 Å². The predicted octanol–water partition coefficient (Wildman–Crippen LogP) is 3.89. The van der Waals surface area contributed by atoms with Crippen LogP contribution in [0.15, 0.2) is 33.2 Å². The predicted molar refractivity (Wildman–Crippen MR) is 76.0 cm³/mol. The molecule has 9 heteroatoms. The van der Waals surface area contributed by atoms with Crippen molar-refractivity contribution in [3.8, 4) is 11.4 Å². The molecule has 2 aromatic rings. The van der Waals surface area contributed by atoms with Gasteiger partial charge in [0.1, 0.15) is 0 Å². The van der Waals surface area contributed by atoms with Crippen LogP contribution in [0.1, 0.15) is 19.2 Å². The summed E-state index contributed by atoms with van der Waals surface area (Å²) in [6, 6.07) is 6.12. The Morgan fingerprint density at radius 3 is 2.41 bits per heavy atom. The van der Waals surface area contributed by atoms with Crippen LogP contribution in [0.2, 0.25) is 0 Å². The highest BCUT2D eigenvalue weighted by molar-refractivity contribution is 7.93. The molecule has 120 valence electrons. The fourth-order valence-corrected chi connectivity index (χ4v) is 3.19. The van der Waals surface area contributed by atoms with E-state index in [2.05, 4.69) is 19.0 Å². The molecule has 2 rings (SSSR count). The molecular weight excluding hydrogens is 319 g/mol. The van der Waals surface area contributed by atoms with Gasteiger partial charge in [0.15, 0.2) is 0 Å². The molecule has 1 aromatic heterocycles. The summed E-state index contributed by atoms with van der Waals surface area (Å²) in [5.41, 5.74) is 0.848. The van der Waals surface area contributed by atoms with E-state index in [9.17, 15) is 17.4 Å². The van der Waals surface area contributed by atoms with E-state index < -0.39 is 21.8 Å². The number of nitrogens with zero attached hydrogens (tertiary/aromatic N) is 3. The number of hydrogen-bond acceptors (Lipinski definition) is 5. The summed E-state index contributed by atoms with van der Waals surface area (Å²) in [5.74, 6) is -1.07. The smallest absolute Gasteiger partial charge is 0.329 e. The first-order chi connectivity index (χ1) is 10.2. The number of hydrogen-bond donors (Lipinski definition) is 0. The van der Waals surface area contributed by atoms with Crippen molar-refractivity contribution in [2.45, 2.75) is 19.5 Å². The van der Waals surface area contributed by atoms with Crippen LogP contribution in [0.25, 0.3) is 11.4 Å². The molecule has 0 amide bonds. The van der Waals surface area contributed by atoms with Crippen LogP contribution in [0, 0.1) is 0 Å². The SMILES string of the molecule is CCCS(C)(=O)=Nc1ccc(-c2noc(C(F)(F)F)n2)cc1. The molecule has 0 bridgehead atoms. The van der Waals surface area contributed by atoms with Crippen molar-refractivity contribution in [3.05, 3.63) is 30.2 Å². The Morgan fingerprint density at radius 1 is 1.27 bits per heavy atom. The van der Waals surface area contributed by atoms with Crippen LogP contribution in [0.4, 0.5) is 18.9 Å². The summed E-state index contributed by atoms with van der Waals surface area (Å²) in [7, 11) is -2.30. The largest absolute Gasteiger partial charge is 0.471 e. The Balaban J connectivity index is 2.26. The fourth-order valence-electron chi connectivity index (χ4n) is 1.77. The Bertz CT molecular complexity index is 760. The van der Waals surface area contributed by atoms with Crippen molar-refractivity contribution in [3.63, 3.8) is 0 Å². The average Bonchev–Trinajstić information content (AvgIpc) is 2.88. The van der Waals surface area contributed by atoms with Gasteiger partial charge in [-0.15, -0.1) is 0 Å². The third-order valence-corrected chi connectivity index (χ3v) is 4.44. The van der Waals surface area contributed by atoms with Crippen LogP contribution in [-0.4, -0.2) is 26.4 Å². The summed E-state index contributed by atoms with van der Waals surface area (Å²) in [4.78, 5) is 3.30. The average molecular weight is 333 g/mol. The number of halogens is 3. The zero-order valence-electron chi connectivity index (χ0n) is 11.9. The highest BCUT2D eigenvalue weighted by Gasteiger charge is 2.38. The van der Waals surface area contributed by atoms with Crippen LogP contribution in [0.3, 0.4) is 0 Å². The molecule has 0 aliphatic heterocycles. The van der Waals surface area contributed by atoms with Crippen molar-refractivity contribution in [2.24, 2.45) is 4.36 Å². The van der Waals surface area contributed by atoms with Crippen molar-refractivity contribution >= 4 is 15.4 Å². The maximum Gasteiger partial charge on any atom is 0.471 e. The van der Waals surface area contributed by atoms with Crippen molar-refractivity contribution in [2.75, 3.05) is 12.0 Å². The van der Waals surface area contributed by atoms with E-state index in [4.69, 9.17) is 0 Å². The van der Waals surface area contributed by atoms with Gasteiger partial charge in [-0.25, -0.2) is 4.21 Å². The quantitative estimate of drug-likeness (QED) is 0.851. The van der Waals surface area contributed by atoms with E-state index in [1.807, 2.05) is 6.92 Å². The van der Waals surface area contributed by atoms with Gasteiger partial charge in [-0.05, 0) is 30.7 Å². The Hall–Kier alpha value is -1.90. The van der Waals surface area contributed by atoms with Crippen LogP contribution in [0.5, 0.6) is 0 Å². The molecule has 0 aliphatic rings. The van der Waals surface area contributed by atoms with Gasteiger partial charge in [-0.2, -0.15) is 22.5 Å². The number of benzene rings is 1. The Morgan fingerprint density at radius 2 is 1.91 bits per heavy atom. The molecule has 0 N–H and O–H groups in total. The second-order valence-electron chi connectivity index (χ2n) is 4.72. The van der Waals surface area contributed by atoms with E-state index in [1.165, 1.54) is 12.1 Å². The first kappa shape index (κ1) is 16.5. The lowest BCUT2D eigenvalue weighted by atomic mass is 10.2. The first-order valence-electron chi connectivity index (χ1n) is 6.42. The van der Waals surface area contributed by atoms with Gasteiger partial charge in [0.25, 0.3) is 0 Å². The summed E-state index contributed by atoms with van der Waals surface area (Å²) in [6.07, 6.45) is -2.35. The molecule has 0 radical (unpaired) electrons. The maximum absolute atomic E-state index is 12.4. The van der Waals surface area contributed by atoms with Gasteiger partial charge in [0, 0.05) is 27.3 Å². The molecule has 1 unspecified atom stereocenters. The normalized spacial score (nSPS) is 14.6. The zero-order chi connectivity index (χ0) is 16.4. The summed E-state index contributed by atoms with van der Waals surface area (Å²) >= 11 is 0. The summed E-state index contributed by atoms with van der Waals surface area (Å²) < 4.78 is 57.6. The minimum Gasteiger partial charge on any atom is -0.329 e. The summed E-state index contributed by atoms with van der Waals surface area (Å²) in [5, 5.41) is 3.29. The molecule has 0 aliphatic carbocycles. The second kappa shape index (κ2) is 6.07. The molecule has 0 fully saturated rings. The number of rotatable bonds is 4. The highest BCUT2D eigenvalue weighted by atomic mass is 32.2. The van der Waals surface area contributed by atoms with E-state index >= 15 is 0 Å². The minimum atomic E-state index is -4.67. The van der Waals surface area contributed by atoms with Crippen LogP contribution >= 0.6 is 0 Å². The summed E-state index contributed by atoms with van der Waals surface area (Å²) in [6.45, 7) is 1.91. The molecule has 1 heterocycles. The lowest BCUT2D eigenvalue weighted by Crippen LogP contribution is -2.04. The lowest BCUT2D eigenvalue weighted by molar-refractivity contribution is -0.159. The Kier molecular flexibility index (Phi) is 4.55. The van der Waals surface area contributed by atoms with Crippen LogP contribution < -0.4 is 0 Å². The topological polar surface area (TPSA) is 68.3 Å². The molecule has 0 spiro atoms. The maximum atomic E-state index is 12.4. The standard InChI is InChI=1S/C13H14F3N3O2S/c1-3-8-22(2,20)19-10-6-4-9(5-7-10)11-17-12(21-18-11)13(14,15)16/h4-7H,3,8H2,1-2H3. The zero-order valence-corrected chi connectivity index (χ0v) is 12.7. The Labute approximate surface area is 125 Å². The van der Waals surface area contributed by atoms with Gasteiger partial charge >= 0.3 is 12.1 Å². The van der Waals surface area contributed by atoms with Gasteiger partial charge in [0.2, 0.25) is 5.82 Å². The van der Waals surface area contributed by atoms with Crippen LogP contribution in [-0.2, 0) is 15.9 Å². The van der Waals surface area contributed by atoms with Gasteiger partial charge < -0.3 is 4.52 Å².